The molecule has 59 heavy (non-hydrogen) atoms. The van der Waals surface area contributed by atoms with Gasteiger partial charge in [-0.1, -0.05) is 36.4 Å². The zero-order valence-electron chi connectivity index (χ0n) is 34.1. The summed E-state index contributed by atoms with van der Waals surface area (Å²) in [6.07, 6.45) is 3.06. The highest BCUT2D eigenvalue weighted by Crippen LogP contribution is 2.32. The van der Waals surface area contributed by atoms with Gasteiger partial charge in [0.15, 0.2) is 0 Å². The van der Waals surface area contributed by atoms with Gasteiger partial charge in [0.25, 0.3) is 11.8 Å². The number of hydrogen-bond donors (Lipinski definition) is 3. The maximum atomic E-state index is 13.7. The summed E-state index contributed by atoms with van der Waals surface area (Å²) < 4.78 is 40.4. The number of benzene rings is 3. The Balaban J connectivity index is 1.23. The van der Waals surface area contributed by atoms with Crippen molar-refractivity contribution in [3.05, 3.63) is 113 Å². The second-order valence-electron chi connectivity index (χ2n) is 13.4. The van der Waals surface area contributed by atoms with Crippen LogP contribution in [0, 0.1) is 0 Å². The summed E-state index contributed by atoms with van der Waals surface area (Å²) in [6.45, 7) is 9.51. The number of amides is 2. The smallest absolute Gasteiger partial charge is 0.305 e. The third kappa shape index (κ3) is 16.9. The average molecular weight is 817 g/mol. The van der Waals surface area contributed by atoms with Gasteiger partial charge in [0.1, 0.15) is 6.67 Å². The molecule has 0 saturated heterocycles. The third-order valence-electron chi connectivity index (χ3n) is 9.17. The molecular formula is C45H57FN4O9. The molecule has 0 aliphatic carbocycles. The second-order valence-corrected chi connectivity index (χ2v) is 13.4. The fourth-order valence-corrected chi connectivity index (χ4v) is 6.05. The first-order chi connectivity index (χ1) is 28.8. The molecule has 3 N–H and O–H groups in total. The van der Waals surface area contributed by atoms with E-state index in [-0.39, 0.29) is 31.4 Å². The predicted octanol–water partition coefficient (Wildman–Crippen LogP) is 6.74. The number of alkyl halides is 1. The highest BCUT2D eigenvalue weighted by Gasteiger charge is 2.16. The molecule has 0 saturated carbocycles. The molecule has 0 aliphatic heterocycles. The van der Waals surface area contributed by atoms with Crippen LogP contribution in [0.5, 0.6) is 0 Å². The number of carbonyl (C=O) groups excluding carboxylic acids is 2. The monoisotopic (exact) mass is 816 g/mol. The van der Waals surface area contributed by atoms with E-state index < -0.39 is 12.6 Å². The Kier molecular flexibility index (Phi) is 21.0. The summed E-state index contributed by atoms with van der Waals surface area (Å²) in [7, 11) is 0. The number of nitrogens with zero attached hydrogens (tertiary/aromatic N) is 2. The number of anilines is 2. The molecule has 0 radical (unpaired) electrons. The van der Waals surface area contributed by atoms with Crippen LogP contribution in [0.1, 0.15) is 64.1 Å². The predicted molar refractivity (Wildman–Crippen MR) is 225 cm³/mol. The molecule has 3 aromatic carbocycles. The summed E-state index contributed by atoms with van der Waals surface area (Å²) in [4.78, 5) is 44.1. The molecule has 14 heteroatoms. The van der Waals surface area contributed by atoms with Crippen LogP contribution in [-0.2, 0) is 48.1 Å². The number of carboxylic acid groups (broad SMARTS) is 1. The fourth-order valence-electron chi connectivity index (χ4n) is 6.05. The van der Waals surface area contributed by atoms with Gasteiger partial charge in [-0.3, -0.25) is 19.4 Å². The van der Waals surface area contributed by atoms with Crippen LogP contribution in [-0.4, -0.2) is 107 Å². The first-order valence-corrected chi connectivity index (χ1v) is 20.1. The van der Waals surface area contributed by atoms with Crippen LogP contribution < -0.4 is 15.5 Å². The molecule has 318 valence electrons. The zero-order valence-corrected chi connectivity index (χ0v) is 34.1. The van der Waals surface area contributed by atoms with E-state index in [0.29, 0.717) is 93.1 Å². The summed E-state index contributed by atoms with van der Waals surface area (Å²) in [5.74, 6) is -1.45. The van der Waals surface area contributed by atoms with E-state index >= 15 is 0 Å². The van der Waals surface area contributed by atoms with Gasteiger partial charge >= 0.3 is 5.97 Å². The molecule has 4 rings (SSSR count). The van der Waals surface area contributed by atoms with Crippen molar-refractivity contribution in [2.24, 2.45) is 0 Å². The largest absolute Gasteiger partial charge is 0.481 e. The van der Waals surface area contributed by atoms with Gasteiger partial charge in [0.2, 0.25) is 0 Å². The Bertz CT molecular complexity index is 1890. The lowest BCUT2D eigenvalue weighted by molar-refractivity contribution is -0.138. The summed E-state index contributed by atoms with van der Waals surface area (Å²) in [5, 5.41) is 14.6. The normalized spacial score (nSPS) is 11.0. The highest BCUT2D eigenvalue weighted by molar-refractivity contribution is 6.06. The number of carboxylic acids is 1. The van der Waals surface area contributed by atoms with E-state index in [0.717, 1.165) is 42.7 Å². The van der Waals surface area contributed by atoms with Gasteiger partial charge in [-0.15, -0.1) is 0 Å². The van der Waals surface area contributed by atoms with E-state index in [1.165, 1.54) is 0 Å². The average Bonchev–Trinajstić information content (AvgIpc) is 3.26. The molecule has 2 amide bonds. The Morgan fingerprint density at radius 3 is 1.95 bits per heavy atom. The van der Waals surface area contributed by atoms with Crippen molar-refractivity contribution in [2.75, 3.05) is 89.4 Å². The molecule has 1 aromatic heterocycles. The summed E-state index contributed by atoms with van der Waals surface area (Å²) in [6, 6.07) is 23.7. The number of pyridine rings is 1. The van der Waals surface area contributed by atoms with Crippen molar-refractivity contribution in [1.82, 2.24) is 10.3 Å². The maximum Gasteiger partial charge on any atom is 0.305 e. The number of ether oxygens (including phenoxy) is 5. The number of carbonyl (C=O) groups is 3. The second kappa shape index (κ2) is 26.7. The van der Waals surface area contributed by atoms with Crippen LogP contribution in [0.3, 0.4) is 0 Å². The van der Waals surface area contributed by atoms with Crippen molar-refractivity contribution >= 4 is 29.2 Å². The van der Waals surface area contributed by atoms with E-state index in [2.05, 4.69) is 34.4 Å². The Morgan fingerprint density at radius 2 is 1.29 bits per heavy atom. The number of halogens is 1. The van der Waals surface area contributed by atoms with Crippen LogP contribution >= 0.6 is 0 Å². The Labute approximate surface area is 346 Å². The minimum Gasteiger partial charge on any atom is -0.481 e. The van der Waals surface area contributed by atoms with Crippen LogP contribution in [0.2, 0.25) is 0 Å². The number of rotatable bonds is 29. The van der Waals surface area contributed by atoms with E-state index in [1.807, 2.05) is 42.5 Å². The van der Waals surface area contributed by atoms with Gasteiger partial charge < -0.3 is 44.3 Å². The summed E-state index contributed by atoms with van der Waals surface area (Å²) in [5.41, 5.74) is 6.03. The zero-order chi connectivity index (χ0) is 42.1. The third-order valence-corrected chi connectivity index (χ3v) is 9.17. The lowest BCUT2D eigenvalue weighted by atomic mass is 10.0. The van der Waals surface area contributed by atoms with Crippen molar-refractivity contribution < 1.29 is 47.6 Å². The van der Waals surface area contributed by atoms with Crippen LogP contribution in [0.15, 0.2) is 85.1 Å². The van der Waals surface area contributed by atoms with Gasteiger partial charge in [-0.05, 0) is 85.8 Å². The first-order valence-electron chi connectivity index (χ1n) is 20.1. The van der Waals surface area contributed by atoms with E-state index in [9.17, 15) is 18.8 Å². The summed E-state index contributed by atoms with van der Waals surface area (Å²) >= 11 is 0. The van der Waals surface area contributed by atoms with Gasteiger partial charge in [-0.25, -0.2) is 4.39 Å². The number of aromatic nitrogens is 1. The van der Waals surface area contributed by atoms with E-state index in [1.54, 1.807) is 42.6 Å². The molecular weight excluding hydrogens is 760 g/mol. The quantitative estimate of drug-likeness (QED) is 0.0499. The molecule has 0 atom stereocenters. The molecule has 0 fully saturated rings. The first kappa shape index (κ1) is 46.4. The molecule has 1 heterocycles. The minimum atomic E-state index is -0.887. The van der Waals surface area contributed by atoms with Crippen LogP contribution in [0.4, 0.5) is 15.8 Å². The van der Waals surface area contributed by atoms with Crippen molar-refractivity contribution in [2.45, 2.75) is 46.3 Å². The van der Waals surface area contributed by atoms with Gasteiger partial charge in [-0.2, -0.15) is 0 Å². The molecule has 0 spiro atoms. The SMILES string of the molecule is CCN(CC)c1ccc(NC(=O)c2cccc(CCCOCCOCCOCCOCCOCCC(=O)O)c2)c(-c2cc(C(=O)NCc3cccc(CF)c3)ccn2)c1. The minimum absolute atomic E-state index is 0.0199. The highest BCUT2D eigenvalue weighted by atomic mass is 19.1. The molecule has 13 nitrogen and oxygen atoms in total. The van der Waals surface area contributed by atoms with Crippen molar-refractivity contribution in [3.63, 3.8) is 0 Å². The van der Waals surface area contributed by atoms with Gasteiger partial charge in [0, 0.05) is 54.8 Å². The number of nitrogens with one attached hydrogen (secondary N) is 2. The fraction of sp³-hybridized carbons (Fsp3) is 0.422. The standard InChI is InChI=1S/C45H57FN4O9/c1-3-50(4-2)39-13-14-41(40(31-39)42-30-38(15-17-47-42)44(53)48-33-36-10-5-9-35(28-36)32-46)49-45(54)37-12-6-8-34(29-37)11-7-18-55-20-22-57-24-26-59-27-25-58-23-21-56-19-16-43(51)52/h5-6,8-10,12-15,17,28-31H,3-4,7,11,16,18-27,32-33H2,1-2H3,(H,48,53)(H,49,54)(H,51,52). The molecule has 0 unspecified atom stereocenters. The lowest BCUT2D eigenvalue weighted by Gasteiger charge is -2.23. The Morgan fingerprint density at radius 1 is 0.678 bits per heavy atom. The van der Waals surface area contributed by atoms with E-state index in [4.69, 9.17) is 28.8 Å². The number of aliphatic carboxylic acids is 1. The number of hydrogen-bond acceptors (Lipinski definition) is 10. The molecule has 0 aliphatic rings. The van der Waals surface area contributed by atoms with Crippen molar-refractivity contribution in [1.29, 1.82) is 0 Å². The van der Waals surface area contributed by atoms with Gasteiger partial charge in [0.05, 0.1) is 77.3 Å². The Hall–Kier alpha value is -5.25. The molecule has 0 bridgehead atoms. The lowest BCUT2D eigenvalue weighted by Crippen LogP contribution is -2.23. The maximum absolute atomic E-state index is 13.7. The number of aryl methyl sites for hydroxylation is 1. The topological polar surface area (TPSA) is 158 Å². The van der Waals surface area contributed by atoms with Crippen molar-refractivity contribution in [3.8, 4) is 11.3 Å². The van der Waals surface area contributed by atoms with Crippen LogP contribution in [0.25, 0.3) is 11.3 Å². The molecule has 4 aromatic rings.